The Labute approximate surface area is 127 Å². The molecular weight excluding hydrogens is 278 g/mol. The quantitative estimate of drug-likeness (QED) is 0.776. The van der Waals surface area contributed by atoms with Crippen molar-refractivity contribution in [2.24, 2.45) is 0 Å². The van der Waals surface area contributed by atoms with Gasteiger partial charge in [0.2, 0.25) is 0 Å². The molecule has 1 saturated carbocycles. The number of hydrogen-bond acceptors (Lipinski definition) is 3. The first kappa shape index (κ1) is 13.1. The number of furan rings is 1. The van der Waals surface area contributed by atoms with Crippen LogP contribution in [0.4, 0.5) is 0 Å². The normalized spacial score (nSPS) is 14.4. The van der Waals surface area contributed by atoms with Crippen molar-refractivity contribution in [2.75, 3.05) is 0 Å². The summed E-state index contributed by atoms with van der Waals surface area (Å²) in [5.74, 6) is 1.24. The van der Waals surface area contributed by atoms with Gasteiger partial charge in [0.05, 0.1) is 0 Å². The molecule has 1 aliphatic carbocycles. The minimum absolute atomic E-state index is 0.159. The van der Waals surface area contributed by atoms with Gasteiger partial charge in [-0.25, -0.2) is 0 Å². The van der Waals surface area contributed by atoms with Crippen LogP contribution < -0.4 is 5.32 Å². The molecule has 5 heteroatoms. The molecule has 2 N–H and O–H groups in total. The molecule has 0 spiro atoms. The Bertz CT molecular complexity index is 843. The number of fused-ring (bicyclic) bond motifs is 1. The average molecular weight is 295 g/mol. The molecule has 1 aromatic carbocycles. The highest BCUT2D eigenvalue weighted by Gasteiger charge is 2.26. The zero-order valence-corrected chi connectivity index (χ0v) is 12.3. The van der Waals surface area contributed by atoms with Gasteiger partial charge in [0.25, 0.3) is 5.91 Å². The SMILES string of the molecule is Cc1oc2ccccc2c1CNC(=O)c1cc(C2CC2)[nH]n1. The Hall–Kier alpha value is -2.56. The highest BCUT2D eigenvalue weighted by Crippen LogP contribution is 2.39. The molecule has 0 aliphatic heterocycles. The number of rotatable bonds is 4. The van der Waals surface area contributed by atoms with Crippen molar-refractivity contribution < 1.29 is 9.21 Å². The van der Waals surface area contributed by atoms with Crippen LogP contribution >= 0.6 is 0 Å². The minimum atomic E-state index is -0.159. The predicted octanol–water partition coefficient (Wildman–Crippen LogP) is 3.27. The monoisotopic (exact) mass is 295 g/mol. The van der Waals surface area contributed by atoms with E-state index in [9.17, 15) is 4.79 Å². The summed E-state index contributed by atoms with van der Waals surface area (Å²) in [6.45, 7) is 2.36. The van der Waals surface area contributed by atoms with Crippen molar-refractivity contribution in [1.82, 2.24) is 15.5 Å². The van der Waals surface area contributed by atoms with E-state index in [-0.39, 0.29) is 5.91 Å². The summed E-state index contributed by atoms with van der Waals surface area (Å²) < 4.78 is 5.71. The van der Waals surface area contributed by atoms with Gasteiger partial charge in [0.1, 0.15) is 17.0 Å². The number of amides is 1. The van der Waals surface area contributed by atoms with Crippen LogP contribution in [0.3, 0.4) is 0 Å². The molecule has 2 heterocycles. The topological polar surface area (TPSA) is 70.9 Å². The van der Waals surface area contributed by atoms with E-state index in [4.69, 9.17) is 4.42 Å². The highest BCUT2D eigenvalue weighted by molar-refractivity contribution is 5.92. The van der Waals surface area contributed by atoms with Gasteiger partial charge in [0, 0.05) is 29.1 Å². The Morgan fingerprint density at radius 1 is 1.41 bits per heavy atom. The predicted molar refractivity (Wildman–Crippen MR) is 82.7 cm³/mol. The summed E-state index contributed by atoms with van der Waals surface area (Å²) >= 11 is 0. The maximum absolute atomic E-state index is 12.2. The van der Waals surface area contributed by atoms with Crippen LogP contribution in [0.15, 0.2) is 34.7 Å². The van der Waals surface area contributed by atoms with E-state index in [0.29, 0.717) is 18.2 Å². The van der Waals surface area contributed by atoms with Crippen LogP contribution in [0.25, 0.3) is 11.0 Å². The van der Waals surface area contributed by atoms with Crippen LogP contribution in [-0.4, -0.2) is 16.1 Å². The number of para-hydroxylation sites is 1. The maximum atomic E-state index is 12.2. The smallest absolute Gasteiger partial charge is 0.272 e. The Kier molecular flexibility index (Phi) is 2.99. The van der Waals surface area contributed by atoms with Gasteiger partial charge in [-0.2, -0.15) is 5.10 Å². The molecule has 3 aromatic rings. The number of aryl methyl sites for hydroxylation is 1. The summed E-state index contributed by atoms with van der Waals surface area (Å²) in [6.07, 6.45) is 2.37. The van der Waals surface area contributed by atoms with E-state index < -0.39 is 0 Å². The van der Waals surface area contributed by atoms with Crippen molar-refractivity contribution >= 4 is 16.9 Å². The standard InChI is InChI=1S/C17H17N3O2/c1-10-13(12-4-2-3-5-16(12)22-10)9-18-17(21)15-8-14(19-20-15)11-6-7-11/h2-5,8,11H,6-7,9H2,1H3,(H,18,21)(H,19,20). The molecule has 0 radical (unpaired) electrons. The summed E-state index contributed by atoms with van der Waals surface area (Å²) in [7, 11) is 0. The van der Waals surface area contributed by atoms with Crippen LogP contribution in [0.5, 0.6) is 0 Å². The van der Waals surface area contributed by atoms with Gasteiger partial charge < -0.3 is 9.73 Å². The van der Waals surface area contributed by atoms with Crippen LogP contribution in [0.2, 0.25) is 0 Å². The number of nitrogens with zero attached hydrogens (tertiary/aromatic N) is 1. The zero-order valence-electron chi connectivity index (χ0n) is 12.3. The molecule has 4 rings (SSSR count). The fourth-order valence-electron chi connectivity index (χ4n) is 2.76. The molecule has 1 fully saturated rings. The molecule has 0 unspecified atom stereocenters. The van der Waals surface area contributed by atoms with Crippen LogP contribution in [0, 0.1) is 6.92 Å². The first-order valence-corrected chi connectivity index (χ1v) is 7.53. The van der Waals surface area contributed by atoms with Crippen LogP contribution in [0.1, 0.15) is 46.3 Å². The van der Waals surface area contributed by atoms with E-state index in [1.807, 2.05) is 37.3 Å². The van der Waals surface area contributed by atoms with Crippen LogP contribution in [-0.2, 0) is 6.54 Å². The first-order chi connectivity index (χ1) is 10.7. The molecule has 1 amide bonds. The molecule has 0 bridgehead atoms. The van der Waals surface area contributed by atoms with Gasteiger partial charge in [-0.05, 0) is 31.9 Å². The molecule has 22 heavy (non-hydrogen) atoms. The second-order valence-electron chi connectivity index (χ2n) is 5.80. The number of H-pyrrole nitrogens is 1. The molecule has 0 atom stereocenters. The maximum Gasteiger partial charge on any atom is 0.272 e. The summed E-state index contributed by atoms with van der Waals surface area (Å²) in [4.78, 5) is 12.2. The van der Waals surface area contributed by atoms with Gasteiger partial charge in [-0.15, -0.1) is 0 Å². The third-order valence-electron chi connectivity index (χ3n) is 4.17. The third kappa shape index (κ3) is 2.28. The average Bonchev–Trinajstić information content (AvgIpc) is 3.16. The van der Waals surface area contributed by atoms with Gasteiger partial charge in [0.15, 0.2) is 0 Å². The number of carbonyl (C=O) groups is 1. The fraction of sp³-hybridized carbons (Fsp3) is 0.294. The summed E-state index contributed by atoms with van der Waals surface area (Å²) in [6, 6.07) is 9.71. The van der Waals surface area contributed by atoms with E-state index in [0.717, 1.165) is 28.0 Å². The highest BCUT2D eigenvalue weighted by atomic mass is 16.3. The lowest BCUT2D eigenvalue weighted by Gasteiger charge is -2.02. The molecule has 5 nitrogen and oxygen atoms in total. The third-order valence-corrected chi connectivity index (χ3v) is 4.17. The van der Waals surface area contributed by atoms with Gasteiger partial charge in [-0.3, -0.25) is 9.89 Å². The molecule has 0 saturated heterocycles. The van der Waals surface area contributed by atoms with Crippen molar-refractivity contribution in [1.29, 1.82) is 0 Å². The van der Waals surface area contributed by atoms with E-state index >= 15 is 0 Å². The molecular formula is C17H17N3O2. The molecule has 112 valence electrons. The number of hydrogen-bond donors (Lipinski definition) is 2. The Balaban J connectivity index is 1.50. The van der Waals surface area contributed by atoms with Gasteiger partial charge in [-0.1, -0.05) is 18.2 Å². The summed E-state index contributed by atoms with van der Waals surface area (Å²) in [5, 5.41) is 11.0. The lowest BCUT2D eigenvalue weighted by atomic mass is 10.1. The fourth-order valence-corrected chi connectivity index (χ4v) is 2.76. The Morgan fingerprint density at radius 3 is 3.05 bits per heavy atom. The first-order valence-electron chi connectivity index (χ1n) is 7.53. The zero-order chi connectivity index (χ0) is 15.1. The van der Waals surface area contributed by atoms with Gasteiger partial charge >= 0.3 is 0 Å². The number of benzene rings is 1. The van der Waals surface area contributed by atoms with E-state index in [1.165, 1.54) is 12.8 Å². The van der Waals surface area contributed by atoms with Crippen molar-refractivity contribution in [3.05, 3.63) is 53.0 Å². The minimum Gasteiger partial charge on any atom is -0.461 e. The largest absolute Gasteiger partial charge is 0.461 e. The van der Waals surface area contributed by atoms with Crippen molar-refractivity contribution in [3.63, 3.8) is 0 Å². The number of aromatic amines is 1. The second-order valence-corrected chi connectivity index (χ2v) is 5.80. The Morgan fingerprint density at radius 2 is 2.23 bits per heavy atom. The number of nitrogens with one attached hydrogen (secondary N) is 2. The molecule has 1 aliphatic rings. The number of aromatic nitrogens is 2. The summed E-state index contributed by atoms with van der Waals surface area (Å²) in [5.41, 5.74) is 3.38. The van der Waals surface area contributed by atoms with Crippen molar-refractivity contribution in [2.45, 2.75) is 32.2 Å². The van der Waals surface area contributed by atoms with E-state index in [1.54, 1.807) is 0 Å². The lowest BCUT2D eigenvalue weighted by Crippen LogP contribution is -2.23. The molecule has 2 aromatic heterocycles. The second kappa shape index (κ2) is 5.02. The van der Waals surface area contributed by atoms with E-state index in [2.05, 4.69) is 15.5 Å². The number of carbonyl (C=O) groups excluding carboxylic acids is 1. The lowest BCUT2D eigenvalue weighted by molar-refractivity contribution is 0.0946. The van der Waals surface area contributed by atoms with Crippen molar-refractivity contribution in [3.8, 4) is 0 Å².